The first-order valence-corrected chi connectivity index (χ1v) is 7.03. The molecule has 2 heterocycles. The fourth-order valence-corrected chi connectivity index (χ4v) is 2.74. The minimum Gasteiger partial charge on any atom is -0.352 e. The third-order valence-corrected chi connectivity index (χ3v) is 3.92. The van der Waals surface area contributed by atoms with Gasteiger partial charge in [0, 0.05) is 25.2 Å². The smallest absolute Gasteiger partial charge is 0.147 e. The van der Waals surface area contributed by atoms with Crippen molar-refractivity contribution >= 4 is 5.82 Å². The van der Waals surface area contributed by atoms with E-state index in [9.17, 15) is 0 Å². The van der Waals surface area contributed by atoms with E-state index < -0.39 is 0 Å². The zero-order chi connectivity index (χ0) is 12.5. The van der Waals surface area contributed by atoms with Gasteiger partial charge in [0.2, 0.25) is 0 Å². The molecule has 3 rings (SSSR count). The summed E-state index contributed by atoms with van der Waals surface area (Å²) in [6, 6.07) is 1.32. The molecule has 1 saturated heterocycles. The number of hydrogen-bond acceptors (Lipinski definition) is 4. The van der Waals surface area contributed by atoms with Crippen molar-refractivity contribution in [2.24, 2.45) is 5.92 Å². The summed E-state index contributed by atoms with van der Waals surface area (Å²) in [5, 5.41) is 3.46. The summed E-state index contributed by atoms with van der Waals surface area (Å²) in [6.45, 7) is 6.53. The van der Waals surface area contributed by atoms with Gasteiger partial charge >= 0.3 is 0 Å². The average molecular weight is 246 g/mol. The summed E-state index contributed by atoms with van der Waals surface area (Å²) in [6.07, 6.45) is 7.73. The molecular formula is C14H22N4. The highest BCUT2D eigenvalue weighted by atomic mass is 15.2. The van der Waals surface area contributed by atoms with Crippen LogP contribution < -0.4 is 10.2 Å². The first-order valence-electron chi connectivity index (χ1n) is 7.03. The van der Waals surface area contributed by atoms with Crippen LogP contribution in [0.5, 0.6) is 0 Å². The van der Waals surface area contributed by atoms with Gasteiger partial charge in [-0.2, -0.15) is 0 Å². The van der Waals surface area contributed by atoms with Crippen LogP contribution in [0.2, 0.25) is 0 Å². The van der Waals surface area contributed by atoms with E-state index in [4.69, 9.17) is 0 Å². The first-order chi connectivity index (χ1) is 8.72. The second kappa shape index (κ2) is 4.84. The average Bonchev–Trinajstić information content (AvgIpc) is 3.13. The lowest BCUT2D eigenvalue weighted by atomic mass is 10.1. The zero-order valence-electron chi connectivity index (χ0n) is 11.3. The van der Waals surface area contributed by atoms with Crippen molar-refractivity contribution in [1.82, 2.24) is 15.3 Å². The van der Waals surface area contributed by atoms with E-state index in [1.54, 1.807) is 0 Å². The van der Waals surface area contributed by atoms with E-state index >= 15 is 0 Å². The third-order valence-electron chi connectivity index (χ3n) is 3.92. The van der Waals surface area contributed by atoms with Gasteiger partial charge < -0.3 is 10.2 Å². The molecule has 2 atom stereocenters. The van der Waals surface area contributed by atoms with Crippen molar-refractivity contribution in [2.45, 2.75) is 51.7 Å². The van der Waals surface area contributed by atoms with Crippen LogP contribution in [0.25, 0.3) is 0 Å². The van der Waals surface area contributed by atoms with Gasteiger partial charge in [-0.3, -0.25) is 4.98 Å². The molecule has 2 fully saturated rings. The molecule has 0 aromatic carbocycles. The summed E-state index contributed by atoms with van der Waals surface area (Å²) >= 11 is 0. The summed E-state index contributed by atoms with van der Waals surface area (Å²) < 4.78 is 0. The molecule has 1 aromatic heterocycles. The van der Waals surface area contributed by atoms with E-state index in [-0.39, 0.29) is 0 Å². The Bertz CT molecular complexity index is 399. The molecule has 0 bridgehead atoms. The molecule has 2 aliphatic rings. The van der Waals surface area contributed by atoms with Crippen LogP contribution in [0.1, 0.15) is 38.8 Å². The molecule has 4 nitrogen and oxygen atoms in total. The lowest BCUT2D eigenvalue weighted by molar-refractivity contribution is 0.625. The van der Waals surface area contributed by atoms with Crippen LogP contribution in [0.15, 0.2) is 12.4 Å². The number of hydrogen-bond donors (Lipinski definition) is 1. The monoisotopic (exact) mass is 246 g/mol. The number of nitrogens with zero attached hydrogens (tertiary/aromatic N) is 3. The van der Waals surface area contributed by atoms with Crippen LogP contribution in [0.3, 0.4) is 0 Å². The molecule has 1 aromatic rings. The van der Waals surface area contributed by atoms with Crippen LogP contribution >= 0.6 is 0 Å². The fourth-order valence-electron chi connectivity index (χ4n) is 2.74. The van der Waals surface area contributed by atoms with Crippen LogP contribution in [-0.4, -0.2) is 28.6 Å². The lowest BCUT2D eigenvalue weighted by Gasteiger charge is -2.22. The lowest BCUT2D eigenvalue weighted by Crippen LogP contribution is -2.28. The van der Waals surface area contributed by atoms with Gasteiger partial charge in [-0.25, -0.2) is 4.98 Å². The predicted molar refractivity (Wildman–Crippen MR) is 72.5 cm³/mol. The number of anilines is 1. The summed E-state index contributed by atoms with van der Waals surface area (Å²) in [4.78, 5) is 11.5. The summed E-state index contributed by atoms with van der Waals surface area (Å²) in [7, 11) is 0. The molecule has 0 amide bonds. The molecule has 4 heteroatoms. The topological polar surface area (TPSA) is 41.1 Å². The molecule has 1 N–H and O–H groups in total. The minimum atomic E-state index is 0.588. The maximum atomic E-state index is 4.57. The Hall–Kier alpha value is -1.16. The third kappa shape index (κ3) is 2.64. The maximum Gasteiger partial charge on any atom is 0.147 e. The van der Waals surface area contributed by atoms with E-state index in [1.807, 2.05) is 12.4 Å². The maximum absolute atomic E-state index is 4.57. The minimum absolute atomic E-state index is 0.588. The largest absolute Gasteiger partial charge is 0.352 e. The van der Waals surface area contributed by atoms with Gasteiger partial charge in [0.1, 0.15) is 5.82 Å². The molecule has 1 aliphatic carbocycles. The summed E-state index contributed by atoms with van der Waals surface area (Å²) in [5.41, 5.74) is 1.05. The fraction of sp³-hybridized carbons (Fsp3) is 0.714. The molecule has 1 aliphatic heterocycles. The Morgan fingerprint density at radius 2 is 2.11 bits per heavy atom. The van der Waals surface area contributed by atoms with Crippen molar-refractivity contribution in [3.63, 3.8) is 0 Å². The van der Waals surface area contributed by atoms with E-state index in [1.165, 1.54) is 19.3 Å². The highest BCUT2D eigenvalue weighted by molar-refractivity contribution is 5.38. The zero-order valence-corrected chi connectivity index (χ0v) is 11.3. The highest BCUT2D eigenvalue weighted by Crippen LogP contribution is 2.26. The van der Waals surface area contributed by atoms with Crippen molar-refractivity contribution < 1.29 is 0 Å². The molecular weight excluding hydrogens is 224 g/mol. The molecule has 0 radical (unpaired) electrons. The van der Waals surface area contributed by atoms with Gasteiger partial charge in [-0.05, 0) is 32.1 Å². The van der Waals surface area contributed by atoms with Gasteiger partial charge in [0.05, 0.1) is 18.1 Å². The van der Waals surface area contributed by atoms with E-state index in [0.29, 0.717) is 6.04 Å². The van der Waals surface area contributed by atoms with Crippen molar-refractivity contribution in [3.8, 4) is 0 Å². The second-order valence-corrected chi connectivity index (χ2v) is 5.86. The van der Waals surface area contributed by atoms with Gasteiger partial charge in [-0.1, -0.05) is 6.92 Å². The van der Waals surface area contributed by atoms with Crippen molar-refractivity contribution in [2.75, 3.05) is 11.4 Å². The number of nitrogens with one attached hydrogen (secondary N) is 1. The highest BCUT2D eigenvalue weighted by Gasteiger charge is 2.27. The van der Waals surface area contributed by atoms with Crippen LogP contribution in [-0.2, 0) is 6.54 Å². The van der Waals surface area contributed by atoms with E-state index in [2.05, 4.69) is 34.0 Å². The molecule has 1 saturated carbocycles. The Morgan fingerprint density at radius 3 is 2.67 bits per heavy atom. The van der Waals surface area contributed by atoms with Crippen molar-refractivity contribution in [3.05, 3.63) is 18.1 Å². The molecule has 98 valence electrons. The molecule has 18 heavy (non-hydrogen) atoms. The quantitative estimate of drug-likeness (QED) is 0.882. The summed E-state index contributed by atoms with van der Waals surface area (Å²) in [5.74, 6) is 1.79. The normalized spacial score (nSPS) is 27.8. The van der Waals surface area contributed by atoms with Gasteiger partial charge in [-0.15, -0.1) is 0 Å². The van der Waals surface area contributed by atoms with Gasteiger partial charge in [0.25, 0.3) is 0 Å². The molecule has 2 unspecified atom stereocenters. The SMILES string of the molecule is CC1CC(C)N(c2cnc(CNC3CC3)cn2)C1. The number of rotatable bonds is 4. The van der Waals surface area contributed by atoms with E-state index in [0.717, 1.165) is 36.6 Å². The van der Waals surface area contributed by atoms with Crippen LogP contribution in [0, 0.1) is 5.92 Å². The molecule has 0 spiro atoms. The standard InChI is InChI=1S/C14H22N4/c1-10-5-11(2)18(9-10)14-8-16-13(7-17-14)6-15-12-3-4-12/h7-8,10-12,15H,3-6,9H2,1-2H3. The predicted octanol–water partition coefficient (Wildman–Crippen LogP) is 1.96. The first kappa shape index (κ1) is 11.9. The van der Waals surface area contributed by atoms with Crippen molar-refractivity contribution in [1.29, 1.82) is 0 Å². The van der Waals surface area contributed by atoms with Crippen LogP contribution in [0.4, 0.5) is 5.82 Å². The van der Waals surface area contributed by atoms with Gasteiger partial charge in [0.15, 0.2) is 0 Å². The second-order valence-electron chi connectivity index (χ2n) is 5.86. The Kier molecular flexibility index (Phi) is 3.20. The Morgan fingerprint density at radius 1 is 1.28 bits per heavy atom. The Labute approximate surface area is 109 Å². The Balaban J connectivity index is 1.62. The number of aromatic nitrogens is 2.